The van der Waals surface area contributed by atoms with E-state index in [0.29, 0.717) is 12.5 Å². The smallest absolute Gasteiger partial charge is 0.227 e. The third-order valence-corrected chi connectivity index (χ3v) is 4.93. The molecule has 0 bridgehead atoms. The van der Waals surface area contributed by atoms with E-state index in [0.717, 1.165) is 24.3 Å². The van der Waals surface area contributed by atoms with E-state index in [-0.39, 0.29) is 5.91 Å². The molecular weight excluding hydrogens is 300 g/mol. The first-order valence-corrected chi connectivity index (χ1v) is 8.36. The number of hydrogen-bond acceptors (Lipinski definition) is 2. The Kier molecular flexibility index (Phi) is 3.44. The molecule has 0 saturated carbocycles. The number of fused-ring (bicyclic) bond motifs is 1. The molecule has 24 heavy (non-hydrogen) atoms. The van der Waals surface area contributed by atoms with Gasteiger partial charge in [-0.1, -0.05) is 18.2 Å². The average molecular weight is 322 g/mol. The van der Waals surface area contributed by atoms with Crippen molar-refractivity contribution in [1.29, 1.82) is 0 Å². The van der Waals surface area contributed by atoms with Crippen LogP contribution >= 0.6 is 0 Å². The number of rotatable bonds is 3. The van der Waals surface area contributed by atoms with E-state index in [2.05, 4.69) is 45.7 Å². The van der Waals surface area contributed by atoms with Crippen LogP contribution in [-0.4, -0.2) is 38.2 Å². The fourth-order valence-electron chi connectivity index (χ4n) is 3.67. The molecule has 1 aliphatic rings. The molecule has 124 valence electrons. The summed E-state index contributed by atoms with van der Waals surface area (Å²) in [6.45, 7) is 5.59. The van der Waals surface area contributed by atoms with Crippen LogP contribution < -0.4 is 0 Å². The minimum absolute atomic E-state index is 0.198. The van der Waals surface area contributed by atoms with E-state index in [4.69, 9.17) is 0 Å². The molecule has 1 aromatic carbocycles. The number of aromatic nitrogens is 3. The number of para-hydroxylation sites is 1. The van der Waals surface area contributed by atoms with Gasteiger partial charge in [-0.25, -0.2) is 0 Å². The number of carbonyl (C=O) groups excluding carboxylic acids is 1. The van der Waals surface area contributed by atoms with Gasteiger partial charge in [0.25, 0.3) is 0 Å². The zero-order chi connectivity index (χ0) is 16.8. The second-order valence-electron chi connectivity index (χ2n) is 6.78. The lowest BCUT2D eigenvalue weighted by atomic mass is 10.1. The third-order valence-electron chi connectivity index (χ3n) is 4.93. The van der Waals surface area contributed by atoms with Gasteiger partial charge in [-0.3, -0.25) is 9.48 Å². The fourth-order valence-corrected chi connectivity index (χ4v) is 3.67. The number of amides is 1. The van der Waals surface area contributed by atoms with E-state index >= 15 is 0 Å². The van der Waals surface area contributed by atoms with Gasteiger partial charge in [0.1, 0.15) is 0 Å². The van der Waals surface area contributed by atoms with Crippen LogP contribution in [0.15, 0.2) is 36.5 Å². The highest BCUT2D eigenvalue weighted by Gasteiger charge is 2.33. The van der Waals surface area contributed by atoms with Gasteiger partial charge >= 0.3 is 0 Å². The molecule has 5 nitrogen and oxygen atoms in total. The Morgan fingerprint density at radius 1 is 1.25 bits per heavy atom. The molecule has 5 heteroatoms. The first-order valence-electron chi connectivity index (χ1n) is 8.36. The first-order chi connectivity index (χ1) is 11.5. The summed E-state index contributed by atoms with van der Waals surface area (Å²) < 4.78 is 4.14. The molecule has 1 fully saturated rings. The Hall–Kier alpha value is -2.56. The van der Waals surface area contributed by atoms with Gasteiger partial charge in [-0.2, -0.15) is 5.10 Å². The number of nitrogens with zero attached hydrogens (tertiary/aromatic N) is 4. The molecule has 4 rings (SSSR count). The summed E-state index contributed by atoms with van der Waals surface area (Å²) in [7, 11) is 2.03. The normalized spacial score (nSPS) is 15.0. The van der Waals surface area contributed by atoms with Crippen LogP contribution in [0.2, 0.25) is 0 Å². The highest BCUT2D eigenvalue weighted by Crippen LogP contribution is 2.25. The Morgan fingerprint density at radius 3 is 2.71 bits per heavy atom. The number of aryl methyl sites for hydroxylation is 3. The predicted molar refractivity (Wildman–Crippen MR) is 93.9 cm³/mol. The summed E-state index contributed by atoms with van der Waals surface area (Å²) in [5.74, 6) is 0.198. The predicted octanol–water partition coefficient (Wildman–Crippen LogP) is 2.62. The van der Waals surface area contributed by atoms with Crippen molar-refractivity contribution >= 4 is 16.8 Å². The summed E-state index contributed by atoms with van der Waals surface area (Å²) in [4.78, 5) is 14.5. The maximum atomic E-state index is 12.6. The van der Waals surface area contributed by atoms with E-state index in [1.165, 1.54) is 16.6 Å². The second-order valence-corrected chi connectivity index (χ2v) is 6.78. The van der Waals surface area contributed by atoms with Crippen LogP contribution in [0, 0.1) is 13.8 Å². The standard InChI is InChI=1S/C19H22N4O/c1-13-8-14(2)23(20-13)16-11-22(12-16)19(24)9-15-10-21(3)18-7-5-4-6-17(15)18/h4-8,10,16H,9,11-12H2,1-3H3. The molecule has 0 unspecified atom stereocenters. The van der Waals surface area contributed by atoms with Crippen LogP contribution in [0.25, 0.3) is 10.9 Å². The fraction of sp³-hybridized carbons (Fsp3) is 0.368. The highest BCUT2D eigenvalue weighted by molar-refractivity contribution is 5.89. The summed E-state index contributed by atoms with van der Waals surface area (Å²) in [5.41, 5.74) is 4.48. The maximum absolute atomic E-state index is 12.6. The van der Waals surface area contributed by atoms with Crippen molar-refractivity contribution in [2.24, 2.45) is 7.05 Å². The lowest BCUT2D eigenvalue weighted by Gasteiger charge is -2.39. The Morgan fingerprint density at radius 2 is 2.00 bits per heavy atom. The van der Waals surface area contributed by atoms with Crippen molar-refractivity contribution in [3.63, 3.8) is 0 Å². The average Bonchev–Trinajstić information content (AvgIpc) is 2.99. The van der Waals surface area contributed by atoms with Crippen molar-refractivity contribution in [3.8, 4) is 0 Å². The largest absolute Gasteiger partial charge is 0.350 e. The van der Waals surface area contributed by atoms with Crippen molar-refractivity contribution < 1.29 is 4.79 Å². The summed E-state index contributed by atoms with van der Waals surface area (Å²) in [6, 6.07) is 10.6. The van der Waals surface area contributed by atoms with E-state index in [1.54, 1.807) is 0 Å². The van der Waals surface area contributed by atoms with Crippen LogP contribution in [0.1, 0.15) is 23.0 Å². The summed E-state index contributed by atoms with van der Waals surface area (Å²) in [5, 5.41) is 5.70. The van der Waals surface area contributed by atoms with Gasteiger partial charge in [0.15, 0.2) is 0 Å². The minimum Gasteiger partial charge on any atom is -0.350 e. The van der Waals surface area contributed by atoms with E-state index in [9.17, 15) is 4.79 Å². The molecule has 1 amide bonds. The topological polar surface area (TPSA) is 43.1 Å². The van der Waals surface area contributed by atoms with Gasteiger partial charge in [0.05, 0.1) is 18.2 Å². The first kappa shape index (κ1) is 15.0. The molecule has 2 aromatic heterocycles. The van der Waals surface area contributed by atoms with Gasteiger partial charge < -0.3 is 9.47 Å². The Labute approximate surface area is 141 Å². The summed E-state index contributed by atoms with van der Waals surface area (Å²) >= 11 is 0. The van der Waals surface area contributed by atoms with Crippen LogP contribution in [0.3, 0.4) is 0 Å². The van der Waals surface area contributed by atoms with Crippen molar-refractivity contribution in [3.05, 3.63) is 53.5 Å². The van der Waals surface area contributed by atoms with Gasteiger partial charge in [-0.15, -0.1) is 0 Å². The van der Waals surface area contributed by atoms with Crippen LogP contribution in [0.4, 0.5) is 0 Å². The molecular formula is C19H22N4O. The lowest BCUT2D eigenvalue weighted by Crippen LogP contribution is -2.51. The van der Waals surface area contributed by atoms with E-state index < -0.39 is 0 Å². The monoisotopic (exact) mass is 322 g/mol. The summed E-state index contributed by atoms with van der Waals surface area (Å²) in [6.07, 6.45) is 2.53. The number of likely N-dealkylation sites (tertiary alicyclic amines) is 1. The molecule has 1 saturated heterocycles. The van der Waals surface area contributed by atoms with Gasteiger partial charge in [-0.05, 0) is 31.5 Å². The third kappa shape index (κ3) is 2.40. The molecule has 0 N–H and O–H groups in total. The van der Waals surface area contributed by atoms with Crippen molar-refractivity contribution in [2.45, 2.75) is 26.3 Å². The Bertz CT molecular complexity index is 915. The van der Waals surface area contributed by atoms with Gasteiger partial charge in [0.2, 0.25) is 5.91 Å². The van der Waals surface area contributed by atoms with E-state index in [1.807, 2.05) is 31.0 Å². The van der Waals surface area contributed by atoms with Gasteiger partial charge in [0, 0.05) is 42.9 Å². The minimum atomic E-state index is 0.198. The zero-order valence-electron chi connectivity index (χ0n) is 14.4. The van der Waals surface area contributed by atoms with Crippen molar-refractivity contribution in [2.75, 3.05) is 13.1 Å². The highest BCUT2D eigenvalue weighted by atomic mass is 16.2. The second kappa shape index (κ2) is 5.51. The zero-order valence-corrected chi connectivity index (χ0v) is 14.4. The molecule has 0 atom stereocenters. The quantitative estimate of drug-likeness (QED) is 0.744. The number of carbonyl (C=O) groups is 1. The maximum Gasteiger partial charge on any atom is 0.227 e. The molecule has 3 heterocycles. The molecule has 1 aliphatic heterocycles. The lowest BCUT2D eigenvalue weighted by molar-refractivity contribution is -0.136. The van der Waals surface area contributed by atoms with Crippen molar-refractivity contribution in [1.82, 2.24) is 19.2 Å². The Balaban J connectivity index is 1.45. The molecule has 3 aromatic rings. The number of hydrogen-bond donors (Lipinski definition) is 0. The number of benzene rings is 1. The van der Waals surface area contributed by atoms with Crippen LogP contribution in [-0.2, 0) is 18.3 Å². The molecule has 0 spiro atoms. The SMILES string of the molecule is Cc1cc(C)n(C2CN(C(=O)Cc3cn(C)c4ccccc34)C2)n1. The molecule has 0 radical (unpaired) electrons. The van der Waals surface area contributed by atoms with Crippen LogP contribution in [0.5, 0.6) is 0 Å². The molecule has 0 aliphatic carbocycles.